The topological polar surface area (TPSA) is 88.5 Å². The van der Waals surface area contributed by atoms with Crippen molar-refractivity contribution in [1.82, 2.24) is 4.90 Å². The van der Waals surface area contributed by atoms with E-state index in [2.05, 4.69) is 24.3 Å². The highest BCUT2D eigenvalue weighted by atomic mass is 16.5. The number of aliphatic hydroxyl groups excluding tert-OH is 1. The summed E-state index contributed by atoms with van der Waals surface area (Å²) in [6, 6.07) is 31.7. The number of fused-ring (bicyclic) bond motifs is 1. The summed E-state index contributed by atoms with van der Waals surface area (Å²) in [5.74, 6) is 0.311. The molecule has 1 amide bonds. The Morgan fingerprint density at radius 1 is 0.841 bits per heavy atom. The molecule has 1 aliphatic heterocycles. The number of hydrogen-bond donors (Lipinski definition) is 2. The quantitative estimate of drug-likeness (QED) is 0.177. The van der Waals surface area contributed by atoms with Gasteiger partial charge >= 0.3 is 6.09 Å². The van der Waals surface area contributed by atoms with Gasteiger partial charge in [-0.15, -0.1) is 0 Å². The first-order valence-electron chi connectivity index (χ1n) is 15.3. The van der Waals surface area contributed by atoms with Gasteiger partial charge in [0.15, 0.2) is 0 Å². The Hall–Kier alpha value is -3.91. The van der Waals surface area contributed by atoms with E-state index in [1.807, 2.05) is 93.6 Å². The normalized spacial score (nSPS) is 20.5. The number of carbonyl (C=O) groups is 1. The van der Waals surface area contributed by atoms with E-state index in [0.717, 1.165) is 39.6 Å². The number of ether oxygens (including phenoxy) is 3. The number of piperidine rings is 1. The van der Waals surface area contributed by atoms with Crippen LogP contribution in [0.4, 0.5) is 4.79 Å². The molecule has 1 saturated heterocycles. The molecule has 4 atom stereocenters. The van der Waals surface area contributed by atoms with Crippen LogP contribution in [0.15, 0.2) is 97.1 Å². The number of benzene rings is 4. The van der Waals surface area contributed by atoms with Crippen LogP contribution in [-0.4, -0.2) is 59.2 Å². The molecule has 0 radical (unpaired) electrons. The number of carboxylic acid groups (broad SMARTS) is 1. The zero-order valence-electron chi connectivity index (χ0n) is 25.8. The minimum absolute atomic E-state index is 0.0129. The summed E-state index contributed by atoms with van der Waals surface area (Å²) in [4.78, 5) is 13.7. The lowest BCUT2D eigenvalue weighted by atomic mass is 9.72. The van der Waals surface area contributed by atoms with E-state index in [9.17, 15) is 15.0 Å². The van der Waals surface area contributed by atoms with Crippen LogP contribution in [0, 0.1) is 5.41 Å². The molecule has 0 aromatic heterocycles. The van der Waals surface area contributed by atoms with Gasteiger partial charge in [0.2, 0.25) is 0 Å². The molecular formula is C37H43NO6. The molecule has 0 saturated carbocycles. The van der Waals surface area contributed by atoms with Gasteiger partial charge in [0.1, 0.15) is 5.75 Å². The summed E-state index contributed by atoms with van der Waals surface area (Å²) in [5, 5.41) is 23.8. The van der Waals surface area contributed by atoms with Crippen molar-refractivity contribution in [2.75, 3.05) is 19.8 Å². The highest BCUT2D eigenvalue weighted by Gasteiger charge is 2.50. The second-order valence-corrected chi connectivity index (χ2v) is 12.6. The summed E-state index contributed by atoms with van der Waals surface area (Å²) in [7, 11) is 0. The van der Waals surface area contributed by atoms with Gasteiger partial charge in [0.05, 0.1) is 51.2 Å². The van der Waals surface area contributed by atoms with E-state index in [1.54, 1.807) is 0 Å². The zero-order chi connectivity index (χ0) is 31.1. The van der Waals surface area contributed by atoms with Crippen molar-refractivity contribution < 1.29 is 29.2 Å². The lowest BCUT2D eigenvalue weighted by molar-refractivity contribution is -0.123. The lowest BCUT2D eigenvalue weighted by Crippen LogP contribution is -2.63. The van der Waals surface area contributed by atoms with E-state index in [-0.39, 0.29) is 6.54 Å². The van der Waals surface area contributed by atoms with Crippen LogP contribution >= 0.6 is 0 Å². The summed E-state index contributed by atoms with van der Waals surface area (Å²) in [6.07, 6.45) is -1.80. The van der Waals surface area contributed by atoms with E-state index >= 15 is 0 Å². The Bertz CT molecular complexity index is 1500. The average molecular weight is 598 g/mol. The fourth-order valence-corrected chi connectivity index (χ4v) is 6.21. The van der Waals surface area contributed by atoms with Crippen LogP contribution in [-0.2, 0) is 22.7 Å². The smallest absolute Gasteiger partial charge is 0.407 e. The molecule has 0 aliphatic carbocycles. The van der Waals surface area contributed by atoms with Crippen molar-refractivity contribution in [3.8, 4) is 5.75 Å². The molecule has 4 aromatic rings. The van der Waals surface area contributed by atoms with E-state index in [4.69, 9.17) is 14.2 Å². The van der Waals surface area contributed by atoms with Gasteiger partial charge in [-0.3, -0.25) is 4.90 Å². The molecule has 4 unspecified atom stereocenters. The number of β-amino-alcohol motifs (C(OH)–C–C–N with tert-alkyl or cyclic N) is 1. The molecule has 1 heterocycles. The van der Waals surface area contributed by atoms with Crippen molar-refractivity contribution in [3.05, 3.63) is 114 Å². The van der Waals surface area contributed by atoms with Gasteiger partial charge in [-0.1, -0.05) is 99.6 Å². The predicted octanol–water partition coefficient (Wildman–Crippen LogP) is 7.26. The molecule has 4 aromatic carbocycles. The minimum atomic E-state index is -1.06. The number of rotatable bonds is 11. The maximum Gasteiger partial charge on any atom is 0.407 e. The van der Waals surface area contributed by atoms with E-state index in [1.165, 1.54) is 4.90 Å². The summed E-state index contributed by atoms with van der Waals surface area (Å²) in [5.41, 5.74) is 2.59. The molecule has 232 valence electrons. The summed E-state index contributed by atoms with van der Waals surface area (Å²) in [6.45, 7) is 8.09. The highest BCUT2D eigenvalue weighted by Crippen LogP contribution is 2.42. The molecule has 7 heteroatoms. The zero-order valence-corrected chi connectivity index (χ0v) is 25.8. The second-order valence-electron chi connectivity index (χ2n) is 12.6. The van der Waals surface area contributed by atoms with Gasteiger partial charge in [-0.05, 0) is 51.1 Å². The molecular weight excluding hydrogens is 554 g/mol. The summed E-state index contributed by atoms with van der Waals surface area (Å²) >= 11 is 0. The Kier molecular flexibility index (Phi) is 10.2. The monoisotopic (exact) mass is 597 g/mol. The molecule has 5 rings (SSSR count). The number of aliphatic hydroxyl groups is 1. The van der Waals surface area contributed by atoms with Crippen molar-refractivity contribution in [1.29, 1.82) is 0 Å². The summed E-state index contributed by atoms with van der Waals surface area (Å²) < 4.78 is 18.3. The van der Waals surface area contributed by atoms with Crippen molar-refractivity contribution >= 4 is 16.9 Å². The van der Waals surface area contributed by atoms with Crippen LogP contribution in [0.1, 0.15) is 49.8 Å². The van der Waals surface area contributed by atoms with Crippen LogP contribution in [0.2, 0.25) is 0 Å². The number of likely N-dealkylation sites (tertiary alicyclic amines) is 1. The second kappa shape index (κ2) is 14.2. The third-order valence-electron chi connectivity index (χ3n) is 8.27. The molecule has 0 spiro atoms. The van der Waals surface area contributed by atoms with Crippen molar-refractivity contribution in [2.45, 2.75) is 64.6 Å². The fraction of sp³-hybridized carbons (Fsp3) is 0.378. The van der Waals surface area contributed by atoms with Gasteiger partial charge in [0, 0.05) is 12.3 Å². The van der Waals surface area contributed by atoms with E-state index < -0.39 is 35.7 Å². The maximum absolute atomic E-state index is 12.4. The first-order valence-corrected chi connectivity index (χ1v) is 15.3. The molecule has 7 nitrogen and oxygen atoms in total. The molecule has 1 aliphatic rings. The number of hydrogen-bond acceptors (Lipinski definition) is 5. The van der Waals surface area contributed by atoms with Crippen molar-refractivity contribution in [2.24, 2.45) is 5.41 Å². The average Bonchev–Trinajstić information content (AvgIpc) is 3.01. The highest BCUT2D eigenvalue weighted by molar-refractivity contribution is 5.82. The molecule has 0 bridgehead atoms. The SMILES string of the molecule is CC(C)(C)C1C(OCc2ccc3ccccc3c2)C(c2ccc(OCCCOCc3ccccc3)cc2)C(O)CN1C(=O)O. The van der Waals surface area contributed by atoms with Crippen LogP contribution < -0.4 is 4.74 Å². The standard InChI is InChI=1S/C37H43NO6/c1-37(2,3)35-34(44-25-27-14-15-28-12-7-8-13-30(28)22-27)33(32(39)23-38(35)36(40)41)29-16-18-31(19-17-29)43-21-9-20-42-24-26-10-5-4-6-11-26/h4-8,10-19,22,32-35,39H,9,20-21,23-25H2,1-3H3,(H,40,41). The van der Waals surface area contributed by atoms with Gasteiger partial charge in [-0.2, -0.15) is 0 Å². The number of nitrogens with zero attached hydrogens (tertiary/aromatic N) is 1. The minimum Gasteiger partial charge on any atom is -0.494 e. The van der Waals surface area contributed by atoms with Crippen LogP contribution in [0.25, 0.3) is 10.8 Å². The molecule has 1 fully saturated rings. The largest absolute Gasteiger partial charge is 0.494 e. The van der Waals surface area contributed by atoms with Gasteiger partial charge in [-0.25, -0.2) is 4.79 Å². The predicted molar refractivity (Wildman–Crippen MR) is 172 cm³/mol. The Morgan fingerprint density at radius 2 is 1.55 bits per heavy atom. The Balaban J connectivity index is 1.28. The third-order valence-corrected chi connectivity index (χ3v) is 8.27. The van der Waals surface area contributed by atoms with Gasteiger partial charge in [0.25, 0.3) is 0 Å². The fourth-order valence-electron chi connectivity index (χ4n) is 6.21. The Labute approximate surface area is 260 Å². The van der Waals surface area contributed by atoms with E-state index in [0.29, 0.717) is 26.4 Å². The van der Waals surface area contributed by atoms with Gasteiger partial charge < -0.3 is 24.4 Å². The molecule has 44 heavy (non-hydrogen) atoms. The maximum atomic E-state index is 12.4. The number of amides is 1. The first kappa shape index (κ1) is 31.5. The lowest BCUT2D eigenvalue weighted by Gasteiger charge is -2.51. The van der Waals surface area contributed by atoms with Crippen LogP contribution in [0.5, 0.6) is 5.75 Å². The molecule has 2 N–H and O–H groups in total. The van der Waals surface area contributed by atoms with Crippen LogP contribution in [0.3, 0.4) is 0 Å². The Morgan fingerprint density at radius 3 is 2.25 bits per heavy atom. The third kappa shape index (κ3) is 7.78. The van der Waals surface area contributed by atoms with Crippen molar-refractivity contribution in [3.63, 3.8) is 0 Å². The first-order chi connectivity index (χ1) is 21.2.